The maximum atomic E-state index is 15.9. The summed E-state index contributed by atoms with van der Waals surface area (Å²) < 4.78 is 49.8. The molecule has 5 aromatic rings. The van der Waals surface area contributed by atoms with E-state index in [2.05, 4.69) is 10.2 Å². The van der Waals surface area contributed by atoms with Crippen LogP contribution < -0.4 is 4.74 Å². The van der Waals surface area contributed by atoms with E-state index in [0.29, 0.717) is 84.5 Å². The second-order valence-corrected chi connectivity index (χ2v) is 10.7. The number of nitrogens with zero attached hydrogens (tertiary/aromatic N) is 2. The Hall–Kier alpha value is -4.24. The van der Waals surface area contributed by atoms with Crippen molar-refractivity contribution in [2.24, 2.45) is 0 Å². The van der Waals surface area contributed by atoms with Crippen LogP contribution in [0.25, 0.3) is 32.8 Å². The largest absolute Gasteiger partial charge is 0.493 e. The summed E-state index contributed by atoms with van der Waals surface area (Å²) in [6.07, 6.45) is 3.22. The third-order valence-electron chi connectivity index (χ3n) is 8.07. The zero-order chi connectivity index (χ0) is 29.9. The summed E-state index contributed by atoms with van der Waals surface area (Å²) in [6, 6.07) is 13.5. The Balaban J connectivity index is 1.43. The van der Waals surface area contributed by atoms with Crippen LogP contribution in [0.4, 0.5) is 8.78 Å². The normalized spacial score (nSPS) is 13.6. The lowest BCUT2D eigenvalue weighted by Crippen LogP contribution is -2.15. The molecule has 0 saturated heterocycles. The Morgan fingerprint density at radius 1 is 1.00 bits per heavy atom. The van der Waals surface area contributed by atoms with Crippen molar-refractivity contribution >= 4 is 27.6 Å². The van der Waals surface area contributed by atoms with Crippen LogP contribution in [0.2, 0.25) is 0 Å². The van der Waals surface area contributed by atoms with E-state index in [0.717, 1.165) is 35.2 Å². The molecule has 0 radical (unpaired) electrons. The van der Waals surface area contributed by atoms with E-state index in [1.165, 1.54) is 12.1 Å². The van der Waals surface area contributed by atoms with Crippen LogP contribution in [0.1, 0.15) is 60.5 Å². The van der Waals surface area contributed by atoms with Gasteiger partial charge in [-0.05, 0) is 68.9 Å². The highest BCUT2D eigenvalue weighted by molar-refractivity contribution is 6.05. The number of hydrogen-bond donors (Lipinski definition) is 1. The second kappa shape index (κ2) is 12.6. The van der Waals surface area contributed by atoms with Crippen LogP contribution in [-0.2, 0) is 35.5 Å². The molecule has 7 nitrogen and oxygen atoms in total. The lowest BCUT2D eigenvalue weighted by Gasteiger charge is -2.14. The number of ether oxygens (including phenoxy) is 3. The number of halogens is 2. The van der Waals surface area contributed by atoms with E-state index in [4.69, 9.17) is 14.2 Å². The summed E-state index contributed by atoms with van der Waals surface area (Å²) in [5.41, 5.74) is 4.50. The third-order valence-corrected chi connectivity index (χ3v) is 8.07. The van der Waals surface area contributed by atoms with Gasteiger partial charge in [-0.1, -0.05) is 31.2 Å². The van der Waals surface area contributed by atoms with Gasteiger partial charge in [0, 0.05) is 40.4 Å². The molecule has 2 aromatic heterocycles. The minimum Gasteiger partial charge on any atom is -0.493 e. The molecule has 3 heterocycles. The number of H-pyrrole nitrogens is 1. The maximum absolute atomic E-state index is 15.9. The molecule has 43 heavy (non-hydrogen) atoms. The van der Waals surface area contributed by atoms with Crippen molar-refractivity contribution in [3.8, 4) is 16.9 Å². The summed E-state index contributed by atoms with van der Waals surface area (Å²) in [7, 11) is 0. The number of carbonyl (C=O) groups excluding carboxylic acids is 1. The van der Waals surface area contributed by atoms with Gasteiger partial charge in [0.05, 0.1) is 36.7 Å². The summed E-state index contributed by atoms with van der Waals surface area (Å²) >= 11 is 0. The second-order valence-electron chi connectivity index (χ2n) is 10.7. The number of carbonyl (C=O) groups is 1. The topological polar surface area (TPSA) is 78.4 Å². The quantitative estimate of drug-likeness (QED) is 0.150. The highest BCUT2D eigenvalue weighted by Crippen LogP contribution is 2.40. The van der Waals surface area contributed by atoms with Crippen molar-refractivity contribution in [1.82, 2.24) is 14.8 Å². The molecule has 6 rings (SSSR count). The monoisotopic (exact) mass is 587 g/mol. The van der Waals surface area contributed by atoms with Crippen LogP contribution in [0, 0.1) is 11.6 Å². The van der Waals surface area contributed by atoms with Gasteiger partial charge in [0.2, 0.25) is 0 Å². The van der Waals surface area contributed by atoms with Crippen molar-refractivity contribution in [2.75, 3.05) is 19.8 Å². The molecule has 0 aliphatic carbocycles. The molecule has 0 bridgehead atoms. The van der Waals surface area contributed by atoms with E-state index >= 15 is 4.39 Å². The number of aromatic nitrogens is 3. The molecule has 1 aliphatic rings. The number of aryl methyl sites for hydroxylation is 3. The highest BCUT2D eigenvalue weighted by atomic mass is 19.1. The summed E-state index contributed by atoms with van der Waals surface area (Å²) in [6.45, 7) is 5.69. The zero-order valence-corrected chi connectivity index (χ0v) is 24.5. The molecule has 0 atom stereocenters. The molecular weight excluding hydrogens is 552 g/mol. The molecule has 1 aliphatic heterocycles. The lowest BCUT2D eigenvalue weighted by molar-refractivity contribution is 0.0512. The third kappa shape index (κ3) is 5.38. The summed E-state index contributed by atoms with van der Waals surface area (Å²) in [5.74, 6) is -0.502. The molecular formula is C34H35F2N3O4. The summed E-state index contributed by atoms with van der Waals surface area (Å²) in [4.78, 5) is 13.6. The van der Waals surface area contributed by atoms with Crippen molar-refractivity contribution in [2.45, 2.75) is 59.1 Å². The first kappa shape index (κ1) is 28.9. The van der Waals surface area contributed by atoms with Crippen LogP contribution in [0.3, 0.4) is 0 Å². The number of rotatable bonds is 8. The number of nitrogens with one attached hydrogen (secondary N) is 1. The lowest BCUT2D eigenvalue weighted by atomic mass is 9.97. The van der Waals surface area contributed by atoms with E-state index in [9.17, 15) is 9.18 Å². The fourth-order valence-corrected chi connectivity index (χ4v) is 6.16. The van der Waals surface area contributed by atoms with Crippen molar-refractivity contribution in [1.29, 1.82) is 0 Å². The first-order valence-corrected chi connectivity index (χ1v) is 15.0. The minimum atomic E-state index is -0.431. The van der Waals surface area contributed by atoms with Gasteiger partial charge in [-0.15, -0.1) is 0 Å². The fraction of sp³-hybridized carbons (Fsp3) is 0.353. The predicted molar refractivity (Wildman–Crippen MR) is 161 cm³/mol. The van der Waals surface area contributed by atoms with Gasteiger partial charge >= 0.3 is 5.97 Å². The average molecular weight is 588 g/mol. The number of benzene rings is 3. The Kier molecular flexibility index (Phi) is 8.42. The Labute approximate surface area is 248 Å². The fourth-order valence-electron chi connectivity index (χ4n) is 6.16. The molecule has 9 heteroatoms. The van der Waals surface area contributed by atoms with Crippen molar-refractivity contribution in [3.63, 3.8) is 0 Å². The Bertz CT molecular complexity index is 1790. The van der Waals surface area contributed by atoms with Crippen LogP contribution in [0.5, 0.6) is 5.75 Å². The number of fused-ring (bicyclic) bond motifs is 3. The Morgan fingerprint density at radius 2 is 1.81 bits per heavy atom. The molecule has 224 valence electrons. The minimum absolute atomic E-state index is 0.224. The van der Waals surface area contributed by atoms with E-state index in [1.807, 2.05) is 23.6 Å². The average Bonchev–Trinajstić information content (AvgIpc) is 3.55. The molecule has 0 amide bonds. The molecule has 0 saturated carbocycles. The van der Waals surface area contributed by atoms with E-state index in [1.54, 1.807) is 31.2 Å². The number of aromatic amines is 1. The number of esters is 1. The standard InChI is InChI=1S/C34H35F2N3O4/c1-3-27-31-28(38-37-27)20-41-18-8-7-17-39-32-24(13-14-26(36)30(31)32)23(33(39)34(40)42-4-2)12-9-19-43-29-16-15-25(35)21-10-5-6-11-22(21)29/h5-6,10-11,13-16H,3-4,7-9,12,17-20H2,1-2H3,(H,37,38). The van der Waals surface area contributed by atoms with Crippen molar-refractivity contribution < 1.29 is 27.8 Å². The first-order chi connectivity index (χ1) is 21.0. The van der Waals surface area contributed by atoms with Crippen LogP contribution >= 0.6 is 0 Å². The molecule has 3 aromatic carbocycles. The van der Waals surface area contributed by atoms with Crippen molar-refractivity contribution in [3.05, 3.63) is 82.8 Å². The molecule has 0 fully saturated rings. The van der Waals surface area contributed by atoms with Gasteiger partial charge in [-0.2, -0.15) is 5.10 Å². The summed E-state index contributed by atoms with van der Waals surface area (Å²) in [5, 5.41) is 9.57. The maximum Gasteiger partial charge on any atom is 0.355 e. The van der Waals surface area contributed by atoms with Gasteiger partial charge in [0.1, 0.15) is 23.1 Å². The van der Waals surface area contributed by atoms with Crippen LogP contribution in [-0.4, -0.2) is 40.6 Å². The van der Waals surface area contributed by atoms with E-state index < -0.39 is 5.97 Å². The molecule has 1 N–H and O–H groups in total. The van der Waals surface area contributed by atoms with Crippen LogP contribution in [0.15, 0.2) is 48.5 Å². The molecule has 0 spiro atoms. The van der Waals surface area contributed by atoms with E-state index in [-0.39, 0.29) is 18.2 Å². The molecule has 0 unspecified atom stereocenters. The SMILES string of the molecule is CCOC(=O)c1c(CCCOc2ccc(F)c3ccccc23)c2ccc(F)c3c2n1CCCCOCc1[nH]nc(CC)c1-3. The smallest absolute Gasteiger partial charge is 0.355 e. The predicted octanol–water partition coefficient (Wildman–Crippen LogP) is 7.52. The van der Waals surface area contributed by atoms with Gasteiger partial charge in [0.25, 0.3) is 0 Å². The van der Waals surface area contributed by atoms with Gasteiger partial charge in [-0.3, -0.25) is 5.10 Å². The first-order valence-electron chi connectivity index (χ1n) is 15.0. The number of hydrogen-bond acceptors (Lipinski definition) is 5. The zero-order valence-electron chi connectivity index (χ0n) is 24.5. The van der Waals surface area contributed by atoms with Gasteiger partial charge < -0.3 is 18.8 Å². The van der Waals surface area contributed by atoms with Gasteiger partial charge in [0.15, 0.2) is 0 Å². The Morgan fingerprint density at radius 3 is 2.63 bits per heavy atom. The van der Waals surface area contributed by atoms with Gasteiger partial charge in [-0.25, -0.2) is 13.6 Å². The highest BCUT2D eigenvalue weighted by Gasteiger charge is 2.29.